The smallest absolute Gasteiger partial charge is 0.111 e. The standard InChI is InChI=1S/C9H17N3/c10-12-9(11-8-4-5-8)6-7-2-1-3-7/h7-8H,1-6,10H2,(H,11,12). The van der Waals surface area contributed by atoms with Crippen molar-refractivity contribution in [3.05, 3.63) is 0 Å². The Morgan fingerprint density at radius 2 is 2.08 bits per heavy atom. The fraction of sp³-hybridized carbons (Fsp3) is 0.889. The first-order valence-corrected chi connectivity index (χ1v) is 4.92. The number of amidine groups is 1. The van der Waals surface area contributed by atoms with Crippen LogP contribution < -0.4 is 11.3 Å². The molecule has 3 nitrogen and oxygen atoms in total. The highest BCUT2D eigenvalue weighted by Gasteiger charge is 2.23. The van der Waals surface area contributed by atoms with Crippen molar-refractivity contribution in [2.75, 3.05) is 0 Å². The van der Waals surface area contributed by atoms with Gasteiger partial charge < -0.3 is 5.43 Å². The molecule has 0 atom stereocenters. The van der Waals surface area contributed by atoms with Crippen molar-refractivity contribution in [1.82, 2.24) is 5.43 Å². The molecule has 68 valence electrons. The van der Waals surface area contributed by atoms with Crippen molar-refractivity contribution in [3.63, 3.8) is 0 Å². The Morgan fingerprint density at radius 3 is 2.50 bits per heavy atom. The first-order chi connectivity index (χ1) is 5.88. The minimum atomic E-state index is 0.594. The van der Waals surface area contributed by atoms with E-state index in [0.29, 0.717) is 6.04 Å². The molecule has 0 aromatic carbocycles. The predicted molar refractivity (Wildman–Crippen MR) is 49.7 cm³/mol. The summed E-state index contributed by atoms with van der Waals surface area (Å²) in [4.78, 5) is 4.51. The van der Waals surface area contributed by atoms with Crippen LogP contribution in [0.4, 0.5) is 0 Å². The number of aliphatic imine (C=N–C) groups is 1. The molecule has 0 spiro atoms. The van der Waals surface area contributed by atoms with E-state index in [-0.39, 0.29) is 0 Å². The average molecular weight is 167 g/mol. The number of nitrogens with two attached hydrogens (primary N) is 1. The SMILES string of the molecule is NNC(CC1CCC1)=NC1CC1. The maximum absolute atomic E-state index is 5.40. The fourth-order valence-electron chi connectivity index (χ4n) is 1.54. The second-order valence-corrected chi connectivity index (χ2v) is 3.95. The van der Waals surface area contributed by atoms with Gasteiger partial charge in [-0.1, -0.05) is 19.3 Å². The molecule has 0 saturated heterocycles. The molecule has 0 aliphatic heterocycles. The molecule has 0 amide bonds. The van der Waals surface area contributed by atoms with Crippen LogP contribution in [0.2, 0.25) is 0 Å². The predicted octanol–water partition coefficient (Wildman–Crippen LogP) is 1.20. The molecule has 2 fully saturated rings. The largest absolute Gasteiger partial charge is 0.312 e. The maximum Gasteiger partial charge on any atom is 0.111 e. The van der Waals surface area contributed by atoms with Crippen molar-refractivity contribution in [3.8, 4) is 0 Å². The molecule has 0 heterocycles. The fourth-order valence-corrected chi connectivity index (χ4v) is 1.54. The molecule has 0 unspecified atom stereocenters. The van der Waals surface area contributed by atoms with Gasteiger partial charge in [0.2, 0.25) is 0 Å². The molecule has 0 aromatic rings. The second-order valence-electron chi connectivity index (χ2n) is 3.95. The first-order valence-electron chi connectivity index (χ1n) is 4.92. The molecule has 2 saturated carbocycles. The number of rotatable bonds is 3. The van der Waals surface area contributed by atoms with Gasteiger partial charge >= 0.3 is 0 Å². The van der Waals surface area contributed by atoms with Gasteiger partial charge in [0, 0.05) is 6.42 Å². The minimum Gasteiger partial charge on any atom is -0.312 e. The normalized spacial score (nSPS) is 25.2. The zero-order chi connectivity index (χ0) is 8.39. The molecule has 12 heavy (non-hydrogen) atoms. The van der Waals surface area contributed by atoms with Crippen LogP contribution >= 0.6 is 0 Å². The van der Waals surface area contributed by atoms with E-state index < -0.39 is 0 Å². The molecule has 0 bridgehead atoms. The maximum atomic E-state index is 5.40. The van der Waals surface area contributed by atoms with E-state index >= 15 is 0 Å². The lowest BCUT2D eigenvalue weighted by Gasteiger charge is -2.25. The first kappa shape index (κ1) is 8.05. The lowest BCUT2D eigenvalue weighted by atomic mass is 9.83. The monoisotopic (exact) mass is 167 g/mol. The number of hydrogen-bond donors (Lipinski definition) is 2. The van der Waals surface area contributed by atoms with E-state index in [4.69, 9.17) is 5.84 Å². The third-order valence-corrected chi connectivity index (χ3v) is 2.76. The van der Waals surface area contributed by atoms with Gasteiger partial charge in [0.25, 0.3) is 0 Å². The van der Waals surface area contributed by atoms with Crippen molar-refractivity contribution in [1.29, 1.82) is 0 Å². The summed E-state index contributed by atoms with van der Waals surface area (Å²) in [6, 6.07) is 0.594. The summed E-state index contributed by atoms with van der Waals surface area (Å²) in [7, 11) is 0. The van der Waals surface area contributed by atoms with Gasteiger partial charge in [-0.3, -0.25) is 4.99 Å². The van der Waals surface area contributed by atoms with Crippen LogP contribution in [0.1, 0.15) is 38.5 Å². The van der Waals surface area contributed by atoms with Crippen LogP contribution in [-0.2, 0) is 0 Å². The van der Waals surface area contributed by atoms with Gasteiger partial charge in [-0.05, 0) is 18.8 Å². The summed E-state index contributed by atoms with van der Waals surface area (Å²) in [6.07, 6.45) is 7.72. The van der Waals surface area contributed by atoms with Gasteiger partial charge in [0.1, 0.15) is 5.84 Å². The van der Waals surface area contributed by atoms with Crippen LogP contribution in [0, 0.1) is 5.92 Å². The number of hydrazine groups is 1. The number of nitrogens with one attached hydrogen (secondary N) is 1. The van der Waals surface area contributed by atoms with Crippen LogP contribution in [0.3, 0.4) is 0 Å². The summed E-state index contributed by atoms with van der Waals surface area (Å²) in [5.74, 6) is 7.28. The van der Waals surface area contributed by atoms with Crippen LogP contribution in [-0.4, -0.2) is 11.9 Å². The van der Waals surface area contributed by atoms with Crippen LogP contribution in [0.5, 0.6) is 0 Å². The highest BCUT2D eigenvalue weighted by Crippen LogP contribution is 2.30. The Balaban J connectivity index is 1.79. The van der Waals surface area contributed by atoms with E-state index in [1.165, 1.54) is 32.1 Å². The highest BCUT2D eigenvalue weighted by atomic mass is 15.3. The van der Waals surface area contributed by atoms with Gasteiger partial charge in [-0.15, -0.1) is 0 Å². The average Bonchev–Trinajstić information content (AvgIpc) is 2.77. The summed E-state index contributed by atoms with van der Waals surface area (Å²) in [6.45, 7) is 0. The highest BCUT2D eigenvalue weighted by molar-refractivity contribution is 5.82. The third-order valence-electron chi connectivity index (χ3n) is 2.76. The molecule has 2 rings (SSSR count). The van der Waals surface area contributed by atoms with Gasteiger partial charge in [0.05, 0.1) is 6.04 Å². The van der Waals surface area contributed by atoms with E-state index in [2.05, 4.69) is 10.4 Å². The Bertz CT molecular complexity index is 180. The molecule has 0 radical (unpaired) electrons. The van der Waals surface area contributed by atoms with E-state index in [0.717, 1.165) is 18.2 Å². The molecular formula is C9H17N3. The van der Waals surface area contributed by atoms with Crippen LogP contribution in [0.15, 0.2) is 4.99 Å². The molecule has 0 aromatic heterocycles. The summed E-state index contributed by atoms with van der Waals surface area (Å²) in [5, 5.41) is 0. The van der Waals surface area contributed by atoms with Crippen LogP contribution in [0.25, 0.3) is 0 Å². The molecule has 3 N–H and O–H groups in total. The topological polar surface area (TPSA) is 50.4 Å². The van der Waals surface area contributed by atoms with E-state index in [1.54, 1.807) is 0 Å². The zero-order valence-corrected chi connectivity index (χ0v) is 7.42. The van der Waals surface area contributed by atoms with Gasteiger partial charge in [-0.25, -0.2) is 5.84 Å². The van der Waals surface area contributed by atoms with Crippen molar-refractivity contribution in [2.24, 2.45) is 16.8 Å². The molecule has 2 aliphatic carbocycles. The van der Waals surface area contributed by atoms with Gasteiger partial charge in [-0.2, -0.15) is 0 Å². The summed E-state index contributed by atoms with van der Waals surface area (Å²) in [5.41, 5.74) is 2.72. The number of nitrogens with zero attached hydrogens (tertiary/aromatic N) is 1. The second kappa shape index (κ2) is 3.44. The minimum absolute atomic E-state index is 0.594. The lowest BCUT2D eigenvalue weighted by Crippen LogP contribution is -2.33. The Morgan fingerprint density at radius 1 is 1.33 bits per heavy atom. The zero-order valence-electron chi connectivity index (χ0n) is 7.42. The number of hydrogen-bond acceptors (Lipinski definition) is 2. The Hall–Kier alpha value is -0.570. The molecular weight excluding hydrogens is 150 g/mol. The molecule has 3 heteroatoms. The van der Waals surface area contributed by atoms with E-state index in [1.807, 2.05) is 0 Å². The Kier molecular flexibility index (Phi) is 2.30. The quantitative estimate of drug-likeness (QED) is 0.287. The summed E-state index contributed by atoms with van der Waals surface area (Å²) < 4.78 is 0. The third kappa shape index (κ3) is 1.97. The summed E-state index contributed by atoms with van der Waals surface area (Å²) >= 11 is 0. The lowest BCUT2D eigenvalue weighted by molar-refractivity contribution is 0.324. The van der Waals surface area contributed by atoms with E-state index in [9.17, 15) is 0 Å². The van der Waals surface area contributed by atoms with Crippen molar-refractivity contribution in [2.45, 2.75) is 44.6 Å². The van der Waals surface area contributed by atoms with Gasteiger partial charge in [0.15, 0.2) is 0 Å². The van der Waals surface area contributed by atoms with Crippen molar-refractivity contribution < 1.29 is 0 Å². The Labute approximate surface area is 73.4 Å². The van der Waals surface area contributed by atoms with Crippen molar-refractivity contribution >= 4 is 5.84 Å². The molecule has 2 aliphatic rings.